The summed E-state index contributed by atoms with van der Waals surface area (Å²) in [5.74, 6) is 0.00759. The monoisotopic (exact) mass is 294 g/mol. The molecule has 1 atom stereocenters. The average molecular weight is 294 g/mol. The lowest BCUT2D eigenvalue weighted by Crippen LogP contribution is -2.46. The number of carbonyl (C=O) groups is 2. The largest absolute Gasteiger partial charge is 0.350 e. The maximum Gasteiger partial charge on any atom is 0.242 e. The van der Waals surface area contributed by atoms with Crippen molar-refractivity contribution in [3.05, 3.63) is 6.20 Å². The third kappa shape index (κ3) is 4.82. The summed E-state index contributed by atoms with van der Waals surface area (Å²) in [6.45, 7) is 5.50. The van der Waals surface area contributed by atoms with Gasteiger partial charge in [-0.3, -0.25) is 9.59 Å². The zero-order chi connectivity index (χ0) is 15.2. The van der Waals surface area contributed by atoms with Gasteiger partial charge < -0.3 is 16.0 Å². The highest BCUT2D eigenvalue weighted by atomic mass is 16.2. The molecule has 2 rings (SSSR count). The van der Waals surface area contributed by atoms with Crippen molar-refractivity contribution in [3.8, 4) is 0 Å². The molecule has 1 aliphatic rings. The van der Waals surface area contributed by atoms with Crippen molar-refractivity contribution in [2.75, 3.05) is 18.4 Å². The topological polar surface area (TPSA) is 101 Å². The summed E-state index contributed by atoms with van der Waals surface area (Å²) in [5, 5.41) is 16.5. The van der Waals surface area contributed by atoms with E-state index in [2.05, 4.69) is 26.3 Å². The summed E-state index contributed by atoms with van der Waals surface area (Å²) in [6.07, 6.45) is 3.62. The van der Waals surface area contributed by atoms with Gasteiger partial charge in [-0.05, 0) is 19.4 Å². The van der Waals surface area contributed by atoms with Crippen LogP contribution in [0.15, 0.2) is 6.20 Å². The number of nitrogens with zero attached hydrogens (tertiary/aromatic N) is 3. The number of hydrogen-bond donors (Lipinski definition) is 3. The molecule has 1 aliphatic heterocycles. The minimum atomic E-state index is -0.128. The van der Waals surface area contributed by atoms with Crippen LogP contribution in [0.2, 0.25) is 0 Å². The first-order chi connectivity index (χ1) is 10.0. The molecule has 21 heavy (non-hydrogen) atoms. The molecule has 0 aromatic carbocycles. The van der Waals surface area contributed by atoms with Gasteiger partial charge in [-0.1, -0.05) is 19.1 Å². The quantitative estimate of drug-likeness (QED) is 0.694. The summed E-state index contributed by atoms with van der Waals surface area (Å²) >= 11 is 0. The van der Waals surface area contributed by atoms with E-state index < -0.39 is 0 Å². The SMILES string of the molecule is CC(C)C(=O)Nc1cn(CC(=O)NC2CCCNC2)nn1. The molecule has 1 aromatic rings. The molecule has 2 heterocycles. The molecule has 3 N–H and O–H groups in total. The van der Waals surface area contributed by atoms with E-state index in [1.54, 1.807) is 20.0 Å². The van der Waals surface area contributed by atoms with Crippen molar-refractivity contribution in [1.29, 1.82) is 0 Å². The number of amides is 2. The van der Waals surface area contributed by atoms with Gasteiger partial charge in [0.1, 0.15) is 6.54 Å². The van der Waals surface area contributed by atoms with Crippen LogP contribution in [0.1, 0.15) is 26.7 Å². The lowest BCUT2D eigenvalue weighted by atomic mass is 10.1. The van der Waals surface area contributed by atoms with Gasteiger partial charge in [0, 0.05) is 18.5 Å². The minimum Gasteiger partial charge on any atom is -0.350 e. The first-order valence-electron chi connectivity index (χ1n) is 7.25. The van der Waals surface area contributed by atoms with Crippen LogP contribution in [0.5, 0.6) is 0 Å². The molecule has 8 heteroatoms. The van der Waals surface area contributed by atoms with E-state index >= 15 is 0 Å². The predicted octanol–water partition coefficient (Wildman–Crippen LogP) is -0.259. The normalized spacial score (nSPS) is 18.5. The zero-order valence-corrected chi connectivity index (χ0v) is 12.4. The molecule has 0 saturated carbocycles. The molecule has 2 amide bonds. The Balaban J connectivity index is 1.81. The fraction of sp³-hybridized carbons (Fsp3) is 0.692. The number of rotatable bonds is 5. The van der Waals surface area contributed by atoms with Crippen LogP contribution >= 0.6 is 0 Å². The van der Waals surface area contributed by atoms with E-state index in [0.717, 1.165) is 25.9 Å². The Labute approximate surface area is 123 Å². The van der Waals surface area contributed by atoms with Crippen molar-refractivity contribution in [2.24, 2.45) is 5.92 Å². The lowest BCUT2D eigenvalue weighted by Gasteiger charge is -2.23. The maximum absolute atomic E-state index is 11.9. The van der Waals surface area contributed by atoms with Gasteiger partial charge in [0.05, 0.1) is 6.20 Å². The summed E-state index contributed by atoms with van der Waals surface area (Å²) in [7, 11) is 0. The van der Waals surface area contributed by atoms with Crippen LogP contribution in [-0.2, 0) is 16.1 Å². The number of piperidine rings is 1. The van der Waals surface area contributed by atoms with Gasteiger partial charge in [-0.25, -0.2) is 4.68 Å². The maximum atomic E-state index is 11.9. The number of nitrogens with one attached hydrogen (secondary N) is 3. The van der Waals surface area contributed by atoms with E-state index in [1.165, 1.54) is 4.68 Å². The Morgan fingerprint density at radius 3 is 3.00 bits per heavy atom. The van der Waals surface area contributed by atoms with Gasteiger partial charge >= 0.3 is 0 Å². The molecule has 8 nitrogen and oxygen atoms in total. The first kappa shape index (κ1) is 15.4. The molecular weight excluding hydrogens is 272 g/mol. The highest BCUT2D eigenvalue weighted by Crippen LogP contribution is 2.04. The Hall–Kier alpha value is -1.96. The second-order valence-corrected chi connectivity index (χ2v) is 5.56. The summed E-state index contributed by atoms with van der Waals surface area (Å²) in [4.78, 5) is 23.4. The minimum absolute atomic E-state index is 0.0983. The van der Waals surface area contributed by atoms with Gasteiger partial charge in [0.25, 0.3) is 0 Å². The number of carbonyl (C=O) groups excluding carboxylic acids is 2. The van der Waals surface area contributed by atoms with Crippen molar-refractivity contribution < 1.29 is 9.59 Å². The standard InChI is InChI=1S/C13H22N6O2/c1-9(2)13(21)16-11-7-19(18-17-11)8-12(20)15-10-4-3-5-14-6-10/h7,9-10,14H,3-6,8H2,1-2H3,(H,15,20)(H,16,21). The molecule has 0 bridgehead atoms. The van der Waals surface area contributed by atoms with Crippen molar-refractivity contribution >= 4 is 17.6 Å². The highest BCUT2D eigenvalue weighted by molar-refractivity contribution is 5.90. The zero-order valence-electron chi connectivity index (χ0n) is 12.4. The fourth-order valence-electron chi connectivity index (χ4n) is 2.10. The number of hydrogen-bond acceptors (Lipinski definition) is 5. The lowest BCUT2D eigenvalue weighted by molar-refractivity contribution is -0.122. The molecule has 1 saturated heterocycles. The summed E-state index contributed by atoms with van der Waals surface area (Å²) < 4.78 is 1.42. The van der Waals surface area contributed by atoms with Crippen LogP contribution in [0.3, 0.4) is 0 Å². The van der Waals surface area contributed by atoms with Gasteiger partial charge in [0.2, 0.25) is 11.8 Å². The molecule has 0 spiro atoms. The predicted molar refractivity (Wildman–Crippen MR) is 77.5 cm³/mol. The van der Waals surface area contributed by atoms with Crippen LogP contribution in [0, 0.1) is 5.92 Å². The first-order valence-corrected chi connectivity index (χ1v) is 7.25. The van der Waals surface area contributed by atoms with Crippen molar-refractivity contribution in [3.63, 3.8) is 0 Å². The Morgan fingerprint density at radius 1 is 1.52 bits per heavy atom. The molecule has 1 fully saturated rings. The second kappa shape index (κ2) is 7.16. The third-order valence-electron chi connectivity index (χ3n) is 3.28. The smallest absolute Gasteiger partial charge is 0.242 e. The fourth-order valence-corrected chi connectivity index (χ4v) is 2.10. The van der Waals surface area contributed by atoms with Gasteiger partial charge in [-0.2, -0.15) is 0 Å². The molecule has 1 aromatic heterocycles. The van der Waals surface area contributed by atoms with Crippen molar-refractivity contribution in [1.82, 2.24) is 25.6 Å². The van der Waals surface area contributed by atoms with Crippen molar-refractivity contribution in [2.45, 2.75) is 39.3 Å². The molecule has 0 aliphatic carbocycles. The second-order valence-electron chi connectivity index (χ2n) is 5.56. The van der Waals surface area contributed by atoms with E-state index in [-0.39, 0.29) is 30.3 Å². The van der Waals surface area contributed by atoms with E-state index in [4.69, 9.17) is 0 Å². The van der Waals surface area contributed by atoms with Crippen LogP contribution in [-0.4, -0.2) is 45.9 Å². The molecule has 0 radical (unpaired) electrons. The van der Waals surface area contributed by atoms with Crippen LogP contribution < -0.4 is 16.0 Å². The molecular formula is C13H22N6O2. The van der Waals surface area contributed by atoms with E-state index in [0.29, 0.717) is 5.82 Å². The Bertz CT molecular complexity index is 493. The van der Waals surface area contributed by atoms with E-state index in [1.807, 2.05) is 0 Å². The Morgan fingerprint density at radius 2 is 2.33 bits per heavy atom. The molecule has 116 valence electrons. The highest BCUT2D eigenvalue weighted by Gasteiger charge is 2.16. The summed E-state index contributed by atoms with van der Waals surface area (Å²) in [6, 6.07) is 0.176. The molecule has 1 unspecified atom stereocenters. The average Bonchev–Trinajstić information content (AvgIpc) is 2.86. The van der Waals surface area contributed by atoms with Crippen LogP contribution in [0.25, 0.3) is 0 Å². The van der Waals surface area contributed by atoms with Crippen LogP contribution in [0.4, 0.5) is 5.82 Å². The van der Waals surface area contributed by atoms with Gasteiger partial charge in [0.15, 0.2) is 5.82 Å². The number of aromatic nitrogens is 3. The van der Waals surface area contributed by atoms with Gasteiger partial charge in [-0.15, -0.1) is 5.10 Å². The third-order valence-corrected chi connectivity index (χ3v) is 3.28. The Kier molecular flexibility index (Phi) is 5.26. The summed E-state index contributed by atoms with van der Waals surface area (Å²) in [5.41, 5.74) is 0. The number of anilines is 1. The van der Waals surface area contributed by atoms with E-state index in [9.17, 15) is 9.59 Å².